The zero-order chi connectivity index (χ0) is 15.0. The highest BCUT2D eigenvalue weighted by Gasteiger charge is 2.08. The van der Waals surface area contributed by atoms with Crippen LogP contribution in [0.15, 0.2) is 18.2 Å². The second-order valence-electron chi connectivity index (χ2n) is 4.07. The maximum atomic E-state index is 10.9. The van der Waals surface area contributed by atoms with Gasteiger partial charge >= 0.3 is 5.97 Å². The molecule has 1 rings (SSSR count). The highest BCUT2D eigenvalue weighted by atomic mass is 35.5. The zero-order valence-electron chi connectivity index (χ0n) is 11.1. The molecule has 0 saturated carbocycles. The van der Waals surface area contributed by atoms with Crippen LogP contribution in [-0.4, -0.2) is 44.0 Å². The molecule has 0 aromatic heterocycles. The maximum absolute atomic E-state index is 10.9. The van der Waals surface area contributed by atoms with E-state index in [-0.39, 0.29) is 19.0 Å². The molecule has 0 aliphatic heterocycles. The van der Waals surface area contributed by atoms with E-state index in [0.717, 1.165) is 0 Å². The Kier molecular flexibility index (Phi) is 7.69. The van der Waals surface area contributed by atoms with Crippen LogP contribution in [0.2, 0.25) is 10.0 Å². The number of hydrogen-bond donors (Lipinski definition) is 2. The van der Waals surface area contributed by atoms with Crippen molar-refractivity contribution in [2.45, 2.75) is 12.5 Å². The van der Waals surface area contributed by atoms with Crippen LogP contribution >= 0.6 is 23.2 Å². The van der Waals surface area contributed by atoms with Crippen molar-refractivity contribution in [2.24, 2.45) is 0 Å². The molecule has 1 aromatic carbocycles. The van der Waals surface area contributed by atoms with E-state index in [9.17, 15) is 9.90 Å². The van der Waals surface area contributed by atoms with Crippen LogP contribution in [0.5, 0.6) is 5.75 Å². The van der Waals surface area contributed by atoms with Gasteiger partial charge in [0.2, 0.25) is 0 Å². The Morgan fingerprint density at radius 2 is 2.20 bits per heavy atom. The van der Waals surface area contributed by atoms with E-state index >= 15 is 0 Å². The summed E-state index contributed by atoms with van der Waals surface area (Å²) in [6.45, 7) is 0.834. The Labute approximate surface area is 127 Å². The molecule has 112 valence electrons. The third-order valence-electron chi connectivity index (χ3n) is 2.44. The first-order valence-corrected chi connectivity index (χ1v) is 6.82. The van der Waals surface area contributed by atoms with E-state index in [2.05, 4.69) is 10.1 Å². The van der Waals surface area contributed by atoms with Gasteiger partial charge in [0.25, 0.3) is 0 Å². The summed E-state index contributed by atoms with van der Waals surface area (Å²) in [6.07, 6.45) is -0.452. The smallest absolute Gasteiger partial charge is 0.306 e. The molecule has 0 radical (unpaired) electrons. The first kappa shape index (κ1) is 17.0. The molecule has 0 aliphatic carbocycles. The molecule has 0 fully saturated rings. The fourth-order valence-electron chi connectivity index (χ4n) is 1.40. The number of ether oxygens (including phenoxy) is 2. The summed E-state index contributed by atoms with van der Waals surface area (Å²) in [4.78, 5) is 10.9. The van der Waals surface area contributed by atoms with Gasteiger partial charge in [0.05, 0.1) is 18.6 Å². The van der Waals surface area contributed by atoms with Gasteiger partial charge in [-0.05, 0) is 18.2 Å². The Morgan fingerprint density at radius 1 is 1.45 bits per heavy atom. The molecule has 0 aliphatic rings. The second kappa shape index (κ2) is 9.02. The molecular formula is C13H17Cl2NO4. The summed E-state index contributed by atoms with van der Waals surface area (Å²) in [7, 11) is 1.33. The standard InChI is InChI=1S/C13H17Cl2NO4/c1-19-13(18)4-5-16-7-10(17)8-20-12-3-2-9(14)6-11(12)15/h2-3,6,10,16-17H,4-5,7-8H2,1H3. The van der Waals surface area contributed by atoms with Crippen molar-refractivity contribution in [3.63, 3.8) is 0 Å². The van der Waals surface area contributed by atoms with Gasteiger partial charge in [0, 0.05) is 18.1 Å². The van der Waals surface area contributed by atoms with E-state index in [1.54, 1.807) is 18.2 Å². The molecule has 0 saturated heterocycles. The number of benzene rings is 1. The van der Waals surface area contributed by atoms with Crippen LogP contribution in [0.25, 0.3) is 0 Å². The molecule has 1 aromatic rings. The summed E-state index contributed by atoms with van der Waals surface area (Å²) in [5, 5.41) is 13.5. The first-order valence-electron chi connectivity index (χ1n) is 6.06. The Morgan fingerprint density at radius 3 is 2.85 bits per heavy atom. The van der Waals surface area contributed by atoms with Crippen LogP contribution in [0.3, 0.4) is 0 Å². The number of rotatable bonds is 8. The summed E-state index contributed by atoms with van der Waals surface area (Å²) in [5.74, 6) is 0.167. The number of carbonyl (C=O) groups excluding carboxylic acids is 1. The van der Waals surface area contributed by atoms with E-state index in [4.69, 9.17) is 27.9 Å². The summed E-state index contributed by atoms with van der Waals surface area (Å²) < 4.78 is 9.87. The minimum Gasteiger partial charge on any atom is -0.489 e. The number of halogens is 2. The molecule has 2 N–H and O–H groups in total. The van der Waals surface area contributed by atoms with E-state index in [1.165, 1.54) is 7.11 Å². The Bertz CT molecular complexity index is 442. The number of esters is 1. The van der Waals surface area contributed by atoms with Crippen LogP contribution in [0, 0.1) is 0 Å². The average molecular weight is 322 g/mol. The van der Waals surface area contributed by atoms with Crippen LogP contribution < -0.4 is 10.1 Å². The van der Waals surface area contributed by atoms with Crippen molar-refractivity contribution >= 4 is 29.2 Å². The van der Waals surface area contributed by atoms with Gasteiger partial charge in [-0.3, -0.25) is 4.79 Å². The van der Waals surface area contributed by atoms with Crippen LogP contribution in [0.1, 0.15) is 6.42 Å². The van der Waals surface area contributed by atoms with Gasteiger partial charge in [-0.25, -0.2) is 0 Å². The molecule has 0 amide bonds. The SMILES string of the molecule is COC(=O)CCNCC(O)COc1ccc(Cl)cc1Cl. The summed E-state index contributed by atoms with van der Waals surface area (Å²) in [5.41, 5.74) is 0. The van der Waals surface area contributed by atoms with E-state index in [1.807, 2.05) is 0 Å². The lowest BCUT2D eigenvalue weighted by molar-refractivity contribution is -0.140. The predicted octanol–water partition coefficient (Wildman–Crippen LogP) is 1.89. The highest BCUT2D eigenvalue weighted by molar-refractivity contribution is 6.35. The fraction of sp³-hybridized carbons (Fsp3) is 0.462. The third-order valence-corrected chi connectivity index (χ3v) is 2.97. The number of carbonyl (C=O) groups is 1. The predicted molar refractivity (Wildman–Crippen MR) is 77.5 cm³/mol. The highest BCUT2D eigenvalue weighted by Crippen LogP contribution is 2.27. The minimum absolute atomic E-state index is 0.0899. The lowest BCUT2D eigenvalue weighted by Gasteiger charge is -2.14. The van der Waals surface area contributed by atoms with E-state index < -0.39 is 6.10 Å². The van der Waals surface area contributed by atoms with Gasteiger partial charge < -0.3 is 19.9 Å². The summed E-state index contributed by atoms with van der Waals surface area (Å²) >= 11 is 11.7. The molecule has 7 heteroatoms. The van der Waals surface area contributed by atoms with Crippen molar-refractivity contribution < 1.29 is 19.4 Å². The molecule has 20 heavy (non-hydrogen) atoms. The molecular weight excluding hydrogens is 305 g/mol. The molecule has 5 nitrogen and oxygen atoms in total. The zero-order valence-corrected chi connectivity index (χ0v) is 12.6. The number of aliphatic hydroxyl groups is 1. The van der Waals surface area contributed by atoms with Crippen molar-refractivity contribution in [3.8, 4) is 5.75 Å². The van der Waals surface area contributed by atoms with Gasteiger partial charge in [-0.15, -0.1) is 0 Å². The largest absolute Gasteiger partial charge is 0.489 e. The number of hydrogen-bond acceptors (Lipinski definition) is 5. The van der Waals surface area contributed by atoms with Gasteiger partial charge in [-0.2, -0.15) is 0 Å². The van der Waals surface area contributed by atoms with Crippen LogP contribution in [-0.2, 0) is 9.53 Å². The summed E-state index contributed by atoms with van der Waals surface area (Å²) in [6, 6.07) is 4.87. The number of methoxy groups -OCH3 is 1. The molecule has 0 spiro atoms. The average Bonchev–Trinajstić information content (AvgIpc) is 2.42. The lowest BCUT2D eigenvalue weighted by atomic mass is 10.3. The quantitative estimate of drug-likeness (QED) is 0.565. The van der Waals surface area contributed by atoms with E-state index in [0.29, 0.717) is 28.9 Å². The maximum Gasteiger partial charge on any atom is 0.306 e. The Hall–Kier alpha value is -1.01. The van der Waals surface area contributed by atoms with Crippen molar-refractivity contribution in [1.82, 2.24) is 5.32 Å². The molecule has 0 heterocycles. The van der Waals surface area contributed by atoms with Gasteiger partial charge in [0.15, 0.2) is 0 Å². The molecule has 1 atom stereocenters. The van der Waals surface area contributed by atoms with Gasteiger partial charge in [-0.1, -0.05) is 23.2 Å². The van der Waals surface area contributed by atoms with Gasteiger partial charge in [0.1, 0.15) is 18.5 Å². The normalized spacial score (nSPS) is 12.0. The van der Waals surface area contributed by atoms with Crippen molar-refractivity contribution in [3.05, 3.63) is 28.2 Å². The molecule has 1 unspecified atom stereocenters. The van der Waals surface area contributed by atoms with Crippen LogP contribution in [0.4, 0.5) is 0 Å². The topological polar surface area (TPSA) is 67.8 Å². The fourth-order valence-corrected chi connectivity index (χ4v) is 1.86. The Balaban J connectivity index is 2.22. The third kappa shape index (κ3) is 6.43. The molecule has 0 bridgehead atoms. The lowest BCUT2D eigenvalue weighted by Crippen LogP contribution is -2.32. The monoisotopic (exact) mass is 321 g/mol. The van der Waals surface area contributed by atoms with Crippen molar-refractivity contribution in [1.29, 1.82) is 0 Å². The minimum atomic E-state index is -0.709. The van der Waals surface area contributed by atoms with Crippen molar-refractivity contribution in [2.75, 3.05) is 26.8 Å². The number of nitrogens with one attached hydrogen (secondary N) is 1. The number of aliphatic hydroxyl groups excluding tert-OH is 1. The first-order chi connectivity index (χ1) is 9.52. The second-order valence-corrected chi connectivity index (χ2v) is 4.91.